The van der Waals surface area contributed by atoms with E-state index in [-0.39, 0.29) is 37.9 Å². The molecule has 30 heteroatoms. The molecule has 1 fully saturated rings. The lowest BCUT2D eigenvalue weighted by Gasteiger charge is -2.23. The number of aryl methyl sites for hydroxylation is 11. The first-order valence-electron chi connectivity index (χ1n) is 43.8. The van der Waals surface area contributed by atoms with E-state index < -0.39 is 19.0 Å². The third-order valence-electron chi connectivity index (χ3n) is 24.7. The van der Waals surface area contributed by atoms with E-state index in [1.54, 1.807) is 52.4 Å². The molecule has 672 valence electrons. The van der Waals surface area contributed by atoms with Gasteiger partial charge in [0.05, 0.1) is 87.7 Å². The molecule has 0 amide bonds. The zero-order valence-corrected chi connectivity index (χ0v) is 75.9. The number of benzene rings is 4. The lowest BCUT2D eigenvalue weighted by Crippen LogP contribution is -2.16. The van der Waals surface area contributed by atoms with E-state index >= 15 is 0 Å². The Morgan fingerprint density at radius 1 is 0.534 bits per heavy atom. The maximum absolute atomic E-state index is 13.5. The van der Waals surface area contributed by atoms with Crippen LogP contribution in [0.3, 0.4) is 0 Å². The molecule has 21 rings (SSSR count). The van der Waals surface area contributed by atoms with Crippen LogP contribution in [0.15, 0.2) is 165 Å². The van der Waals surface area contributed by atoms with E-state index in [4.69, 9.17) is 67.1 Å². The molecule has 0 radical (unpaired) electrons. The highest BCUT2D eigenvalue weighted by Gasteiger charge is 2.34. The largest absolute Gasteiger partial charge is 0.485 e. The van der Waals surface area contributed by atoms with Crippen LogP contribution in [0.4, 0.5) is 32.1 Å². The number of nitrogen functional groups attached to an aromatic ring is 4. The van der Waals surface area contributed by atoms with Gasteiger partial charge in [-0.2, -0.15) is 25.5 Å². The van der Waals surface area contributed by atoms with Gasteiger partial charge in [-0.15, -0.1) is 11.3 Å². The predicted molar refractivity (Wildman–Crippen MR) is 508 cm³/mol. The molecule has 4 aromatic carbocycles. The molecule has 16 aromatic rings. The summed E-state index contributed by atoms with van der Waals surface area (Å²) in [4.78, 5) is 33.3. The Balaban J connectivity index is 0.000000122. The number of hydrogen-bond acceptors (Lipinski definition) is 22. The summed E-state index contributed by atoms with van der Waals surface area (Å²) in [5.41, 5.74) is 56.2. The Bertz CT molecular complexity index is 7010. The number of halogens is 2. The molecule has 27 nitrogen and oxygen atoms in total. The van der Waals surface area contributed by atoms with E-state index in [0.717, 1.165) is 177 Å². The van der Waals surface area contributed by atoms with E-state index in [0.29, 0.717) is 83.5 Å². The topological polar surface area (TPSA) is 345 Å². The number of fused-ring (bicyclic) bond motifs is 28. The number of nitrogens with two attached hydrogens (primary N) is 4. The average molecular weight is 1780 g/mol. The van der Waals surface area contributed by atoms with Crippen molar-refractivity contribution in [3.63, 3.8) is 0 Å². The van der Waals surface area contributed by atoms with Gasteiger partial charge in [0, 0.05) is 197 Å². The van der Waals surface area contributed by atoms with Crippen LogP contribution in [0.25, 0.3) is 89.9 Å². The molecule has 16 heterocycles. The number of rotatable bonds is 7. The van der Waals surface area contributed by atoms with Gasteiger partial charge in [0.25, 0.3) is 0 Å². The fraction of sp³-hybridized carbons (Fsp3) is 0.307. The zero-order chi connectivity index (χ0) is 90.8. The van der Waals surface area contributed by atoms with Crippen molar-refractivity contribution in [3.05, 3.63) is 270 Å². The molecular formula is C101H108F2N22O5S. The van der Waals surface area contributed by atoms with Crippen molar-refractivity contribution in [1.29, 1.82) is 0 Å². The van der Waals surface area contributed by atoms with Gasteiger partial charge in [0.15, 0.2) is 46.3 Å². The van der Waals surface area contributed by atoms with Gasteiger partial charge >= 0.3 is 0 Å². The fourth-order valence-electron chi connectivity index (χ4n) is 18.2. The van der Waals surface area contributed by atoms with Crippen molar-refractivity contribution in [2.75, 3.05) is 29.5 Å². The summed E-state index contributed by atoms with van der Waals surface area (Å²) in [5.74, 6) is 4.84. The van der Waals surface area contributed by atoms with Crippen LogP contribution >= 0.6 is 11.3 Å². The van der Waals surface area contributed by atoms with Crippen LogP contribution < -0.4 is 41.9 Å². The Morgan fingerprint density at radius 3 is 1.73 bits per heavy atom. The van der Waals surface area contributed by atoms with E-state index in [2.05, 4.69) is 141 Å². The molecular weight excluding hydrogens is 1670 g/mol. The summed E-state index contributed by atoms with van der Waals surface area (Å²) in [6.45, 7) is 23.0. The van der Waals surface area contributed by atoms with Crippen molar-refractivity contribution in [3.8, 4) is 113 Å². The van der Waals surface area contributed by atoms with Crippen molar-refractivity contribution >= 4 is 34.6 Å². The molecule has 0 spiro atoms. The number of imidazole rings is 1. The second-order valence-electron chi connectivity index (χ2n) is 34.2. The van der Waals surface area contributed by atoms with Gasteiger partial charge < -0.3 is 51.6 Å². The molecule has 4 aliphatic heterocycles. The maximum Gasteiger partial charge on any atom is 0.244 e. The maximum atomic E-state index is 13.5. The average Bonchev–Trinajstić information content (AvgIpc) is 1.73. The number of ether oxygens (including phenoxy) is 4. The number of anilines is 4. The SMILES string of the molecule is C.CCc1nn(C)c2c1-c1cnc(N)c(c1)OCc1cc(C)ccc1-c1nc(C)sc1C2.CCn1ncc2c1-c1cnc(N)c(c1)OC(CO)c1cc(C)ccc1-c1nccn1C2.Cc1ccc2c(c1)C(C)Oc1cc(cnc1N)-c1c(CC(F)F)nn(C)c1Cc1cn(C)nc1-2.Cc1ccc2c(c1)C(C)Oc1cc(cnc1N)-c1c(c(C)nn1CC1CC1)Cc1cccnc1-2. The minimum atomic E-state index is -2.53. The summed E-state index contributed by atoms with van der Waals surface area (Å²) in [7, 11) is 5.66. The van der Waals surface area contributed by atoms with Crippen molar-refractivity contribution in [2.45, 2.75) is 173 Å². The number of aromatic nitrogens is 18. The monoisotopic (exact) mass is 1780 g/mol. The molecule has 8 bridgehead atoms. The second-order valence-corrected chi connectivity index (χ2v) is 35.5. The van der Waals surface area contributed by atoms with Crippen molar-refractivity contribution in [1.82, 2.24) is 88.4 Å². The number of aliphatic hydroxyl groups is 1. The highest BCUT2D eigenvalue weighted by molar-refractivity contribution is 7.12. The van der Waals surface area contributed by atoms with Gasteiger partial charge in [0.1, 0.15) is 30.7 Å². The summed E-state index contributed by atoms with van der Waals surface area (Å²) in [5, 5.41) is 34.9. The van der Waals surface area contributed by atoms with Gasteiger partial charge in [-0.25, -0.2) is 38.7 Å². The number of thiazole rings is 1. The number of pyridine rings is 5. The van der Waals surface area contributed by atoms with Gasteiger partial charge in [0.2, 0.25) is 6.43 Å². The smallest absolute Gasteiger partial charge is 0.244 e. The predicted octanol–water partition coefficient (Wildman–Crippen LogP) is 19.0. The first-order chi connectivity index (χ1) is 62.7. The first-order valence-corrected chi connectivity index (χ1v) is 44.7. The Labute approximate surface area is 763 Å². The summed E-state index contributed by atoms with van der Waals surface area (Å²) in [6, 6.07) is 37.1. The van der Waals surface area contributed by atoms with Gasteiger partial charge in [-0.1, -0.05) is 115 Å². The van der Waals surface area contributed by atoms with Gasteiger partial charge in [-0.3, -0.25) is 28.4 Å². The molecule has 1 saturated carbocycles. The number of hydrogen-bond donors (Lipinski definition) is 5. The van der Waals surface area contributed by atoms with E-state index in [1.165, 1.54) is 40.0 Å². The second kappa shape index (κ2) is 36.7. The fourth-order valence-corrected chi connectivity index (χ4v) is 19.1. The van der Waals surface area contributed by atoms with Crippen LogP contribution in [0.5, 0.6) is 23.0 Å². The lowest BCUT2D eigenvalue weighted by atomic mass is 9.92. The molecule has 3 unspecified atom stereocenters. The highest BCUT2D eigenvalue weighted by Crippen LogP contribution is 2.47. The van der Waals surface area contributed by atoms with Gasteiger partial charge in [-0.05, 0) is 129 Å². The summed E-state index contributed by atoms with van der Waals surface area (Å²) < 4.78 is 63.8. The molecule has 131 heavy (non-hydrogen) atoms. The van der Waals surface area contributed by atoms with Crippen LogP contribution in [-0.2, 0) is 79.5 Å². The Morgan fingerprint density at radius 2 is 1.10 bits per heavy atom. The highest BCUT2D eigenvalue weighted by atomic mass is 32.1. The Kier molecular flexibility index (Phi) is 24.9. The molecule has 12 aromatic heterocycles. The number of aliphatic hydroxyl groups excluding tert-OH is 1. The quantitative estimate of drug-likeness (QED) is 0.0989. The minimum Gasteiger partial charge on any atom is -0.485 e. The van der Waals surface area contributed by atoms with Crippen molar-refractivity contribution in [2.24, 2.45) is 27.1 Å². The molecule has 5 aliphatic rings. The Hall–Kier alpha value is -14.3. The third-order valence-corrected chi connectivity index (χ3v) is 25.6. The molecule has 1 aliphatic carbocycles. The summed E-state index contributed by atoms with van der Waals surface area (Å²) >= 11 is 1.75. The van der Waals surface area contributed by atoms with Crippen LogP contribution in [0.2, 0.25) is 0 Å². The number of nitrogens with zero attached hydrogens (tertiary/aromatic N) is 18. The van der Waals surface area contributed by atoms with Crippen LogP contribution in [0, 0.1) is 47.5 Å². The standard InChI is InChI=1S/C28H29N5O.C25H26F2N6O.C24H25N5OS.C23H24N6O2.CH4/c1-16-6-9-22-24(11-16)18(3)34-25-13-21(14-31-28(25)29)27-23(12-20-5-4-10-30-26(20)22)17(2)32-33(27)15-19-7-8-19;1-13-5-6-17-18(7-13)14(2)34-21-9-15(11-29-25(21)28)23-19(10-22(26)27)30-33(4)20(23)8-16-12-32(3)31-24(16)17;1-5-18-22-15-9-20(24(25)26-11-15)30-12-16-8-13(2)6-7-17(16)23-21(31-14(3)27-23)10-19(22)29(4)28-18;1-3-29-21-15-9-19(22(24)26-10-15)31-20(13-30)18-8-14(2)4-5-17(18)23-25-6-7-28(23)12-16(21)11-27-29;/h4-6,9-11,13-14,18-19H,7-8,12,15H2,1-3H3,(H2,29,31);5-7,9,11-12,14,22H,8,10H2,1-4H3,(H2,28,29);6-9,11H,5,10,12H2,1-4H3,(H2,25,26);4-11,20,30H,3,12-13H2,1-2H3,(H2,24,26);1H4. The van der Waals surface area contributed by atoms with Crippen LogP contribution in [-0.4, -0.2) is 106 Å². The molecule has 0 saturated heterocycles. The van der Waals surface area contributed by atoms with E-state index in [1.807, 2.05) is 136 Å². The first kappa shape index (κ1) is 88.8. The summed E-state index contributed by atoms with van der Waals surface area (Å²) in [6.07, 6.45) is 17.6. The zero-order valence-electron chi connectivity index (χ0n) is 75.1. The van der Waals surface area contributed by atoms with Crippen LogP contribution in [0.1, 0.15) is 171 Å². The van der Waals surface area contributed by atoms with Crippen molar-refractivity contribution < 1.29 is 32.8 Å². The van der Waals surface area contributed by atoms with E-state index in [9.17, 15) is 13.9 Å². The molecule has 9 N–H and O–H groups in total. The molecule has 3 atom stereocenters. The minimum absolute atomic E-state index is 0. The third kappa shape index (κ3) is 17.8. The number of alkyl halides is 2. The lowest BCUT2D eigenvalue weighted by molar-refractivity contribution is 0.117. The normalized spacial score (nSPS) is 14.9.